The molecule has 1 atom stereocenters. The molecule has 18 heavy (non-hydrogen) atoms. The first-order valence-corrected chi connectivity index (χ1v) is 7.54. The zero-order valence-corrected chi connectivity index (χ0v) is 12.9. The Labute approximate surface area is 123 Å². The lowest BCUT2D eigenvalue weighted by Gasteiger charge is -2.18. The number of halogens is 3. The standard InChI is InChI=1S/C13H12BrClFNS/c1-2-17-13(10-6-7-11(14)18-10)8-4-3-5-9(16)12(8)15/h3-7,13,17H,2H2,1H3. The lowest BCUT2D eigenvalue weighted by molar-refractivity contribution is 0.607. The smallest absolute Gasteiger partial charge is 0.142 e. The summed E-state index contributed by atoms with van der Waals surface area (Å²) in [6.45, 7) is 2.80. The van der Waals surface area contributed by atoms with Crippen molar-refractivity contribution >= 4 is 38.9 Å². The molecule has 5 heteroatoms. The van der Waals surface area contributed by atoms with E-state index in [1.165, 1.54) is 6.07 Å². The fourth-order valence-electron chi connectivity index (χ4n) is 1.79. The van der Waals surface area contributed by atoms with Crippen LogP contribution in [0.3, 0.4) is 0 Å². The van der Waals surface area contributed by atoms with Crippen LogP contribution < -0.4 is 5.32 Å². The first kappa shape index (κ1) is 14.0. The van der Waals surface area contributed by atoms with Crippen molar-refractivity contribution < 1.29 is 4.39 Å². The average molecular weight is 349 g/mol. The number of benzene rings is 1. The molecule has 2 aromatic rings. The number of hydrogen-bond acceptors (Lipinski definition) is 2. The highest BCUT2D eigenvalue weighted by Crippen LogP contribution is 2.35. The van der Waals surface area contributed by atoms with E-state index in [1.807, 2.05) is 25.1 Å². The van der Waals surface area contributed by atoms with Gasteiger partial charge in [-0.25, -0.2) is 4.39 Å². The quantitative estimate of drug-likeness (QED) is 0.819. The fourth-order valence-corrected chi connectivity index (χ4v) is 3.55. The number of nitrogens with one attached hydrogen (secondary N) is 1. The minimum Gasteiger partial charge on any atom is -0.306 e. The van der Waals surface area contributed by atoms with Gasteiger partial charge in [-0.3, -0.25) is 0 Å². The molecule has 96 valence electrons. The third kappa shape index (κ3) is 2.94. The van der Waals surface area contributed by atoms with Crippen LogP contribution >= 0.6 is 38.9 Å². The van der Waals surface area contributed by atoms with Crippen molar-refractivity contribution in [1.29, 1.82) is 0 Å². The molecule has 0 saturated heterocycles. The lowest BCUT2D eigenvalue weighted by Crippen LogP contribution is -2.21. The Morgan fingerprint density at radius 1 is 1.39 bits per heavy atom. The lowest BCUT2D eigenvalue weighted by atomic mass is 10.1. The highest BCUT2D eigenvalue weighted by atomic mass is 79.9. The third-order valence-corrected chi connectivity index (χ3v) is 4.67. The van der Waals surface area contributed by atoms with Crippen LogP contribution in [-0.2, 0) is 0 Å². The maximum absolute atomic E-state index is 13.5. The van der Waals surface area contributed by atoms with Crippen molar-refractivity contribution in [3.05, 3.63) is 55.4 Å². The van der Waals surface area contributed by atoms with E-state index in [0.717, 1.165) is 20.8 Å². The summed E-state index contributed by atoms with van der Waals surface area (Å²) < 4.78 is 14.6. The molecular weight excluding hydrogens is 337 g/mol. The van der Waals surface area contributed by atoms with Crippen molar-refractivity contribution in [2.75, 3.05) is 6.54 Å². The summed E-state index contributed by atoms with van der Waals surface area (Å²) in [6.07, 6.45) is 0. The molecule has 0 saturated carbocycles. The van der Waals surface area contributed by atoms with Crippen LogP contribution in [0.15, 0.2) is 34.1 Å². The molecule has 1 aromatic heterocycles. The topological polar surface area (TPSA) is 12.0 Å². The van der Waals surface area contributed by atoms with E-state index in [2.05, 4.69) is 21.2 Å². The highest BCUT2D eigenvalue weighted by molar-refractivity contribution is 9.11. The minimum atomic E-state index is -0.382. The Morgan fingerprint density at radius 2 is 2.17 bits per heavy atom. The molecule has 0 aliphatic carbocycles. The van der Waals surface area contributed by atoms with Gasteiger partial charge in [0.15, 0.2) is 0 Å². The molecule has 0 radical (unpaired) electrons. The van der Waals surface area contributed by atoms with Crippen LogP contribution in [0.1, 0.15) is 23.4 Å². The molecular formula is C13H12BrClFNS. The van der Waals surface area contributed by atoms with Crippen molar-refractivity contribution in [1.82, 2.24) is 5.32 Å². The molecule has 0 fully saturated rings. The Bertz CT molecular complexity index is 544. The SMILES string of the molecule is CCNC(c1ccc(Br)s1)c1cccc(F)c1Cl. The molecule has 1 heterocycles. The molecule has 0 bridgehead atoms. The number of hydrogen-bond donors (Lipinski definition) is 1. The predicted molar refractivity (Wildman–Crippen MR) is 78.9 cm³/mol. The summed E-state index contributed by atoms with van der Waals surface area (Å²) in [7, 11) is 0. The third-order valence-electron chi connectivity index (χ3n) is 2.58. The normalized spacial score (nSPS) is 12.7. The first-order chi connectivity index (χ1) is 8.63. The van der Waals surface area contributed by atoms with E-state index in [0.29, 0.717) is 0 Å². The summed E-state index contributed by atoms with van der Waals surface area (Å²) in [5.74, 6) is -0.382. The van der Waals surface area contributed by atoms with E-state index < -0.39 is 0 Å². The second-order valence-corrected chi connectivity index (χ2v) is 6.65. The van der Waals surface area contributed by atoms with Gasteiger partial charge in [-0.1, -0.05) is 30.7 Å². The van der Waals surface area contributed by atoms with E-state index in [9.17, 15) is 4.39 Å². The molecule has 0 aliphatic rings. The van der Waals surface area contributed by atoms with E-state index >= 15 is 0 Å². The van der Waals surface area contributed by atoms with E-state index in [4.69, 9.17) is 11.6 Å². The molecule has 1 unspecified atom stereocenters. The van der Waals surface area contributed by atoms with Crippen LogP contribution in [-0.4, -0.2) is 6.54 Å². The molecule has 1 nitrogen and oxygen atoms in total. The van der Waals surface area contributed by atoms with Crippen LogP contribution in [0.5, 0.6) is 0 Å². The van der Waals surface area contributed by atoms with Crippen LogP contribution in [0.4, 0.5) is 4.39 Å². The van der Waals surface area contributed by atoms with Crippen LogP contribution in [0.2, 0.25) is 5.02 Å². The van der Waals surface area contributed by atoms with E-state index in [1.54, 1.807) is 17.4 Å². The van der Waals surface area contributed by atoms with Crippen LogP contribution in [0, 0.1) is 5.82 Å². The zero-order valence-electron chi connectivity index (χ0n) is 9.71. The minimum absolute atomic E-state index is 0.0745. The Morgan fingerprint density at radius 3 is 2.78 bits per heavy atom. The Hall–Kier alpha value is -0.420. The number of thiophene rings is 1. The molecule has 2 rings (SSSR count). The van der Waals surface area contributed by atoms with Crippen molar-refractivity contribution in [2.45, 2.75) is 13.0 Å². The van der Waals surface area contributed by atoms with Crippen molar-refractivity contribution in [2.24, 2.45) is 0 Å². The fraction of sp³-hybridized carbons (Fsp3) is 0.231. The Balaban J connectivity index is 2.44. The summed E-state index contributed by atoms with van der Waals surface area (Å²) in [5, 5.41) is 3.52. The van der Waals surface area contributed by atoms with Gasteiger partial charge in [0, 0.05) is 4.88 Å². The van der Waals surface area contributed by atoms with Crippen LogP contribution in [0.25, 0.3) is 0 Å². The maximum atomic E-state index is 13.5. The molecule has 1 aromatic carbocycles. The Kier molecular flexibility index (Phi) is 4.78. The van der Waals surface area contributed by atoms with Gasteiger partial charge in [0.2, 0.25) is 0 Å². The van der Waals surface area contributed by atoms with Gasteiger partial charge in [-0.05, 0) is 46.2 Å². The maximum Gasteiger partial charge on any atom is 0.142 e. The van der Waals surface area contributed by atoms with Gasteiger partial charge in [0.05, 0.1) is 14.9 Å². The highest BCUT2D eigenvalue weighted by Gasteiger charge is 2.19. The van der Waals surface area contributed by atoms with Gasteiger partial charge < -0.3 is 5.32 Å². The average Bonchev–Trinajstić information content (AvgIpc) is 2.77. The second kappa shape index (κ2) is 6.15. The summed E-state index contributed by atoms with van der Waals surface area (Å²) in [5.41, 5.74) is 0.771. The van der Waals surface area contributed by atoms with Crippen molar-refractivity contribution in [3.8, 4) is 0 Å². The second-order valence-electron chi connectivity index (χ2n) is 3.78. The summed E-state index contributed by atoms with van der Waals surface area (Å²) in [4.78, 5) is 1.11. The zero-order chi connectivity index (χ0) is 13.1. The monoisotopic (exact) mass is 347 g/mol. The van der Waals surface area contributed by atoms with Crippen molar-refractivity contribution in [3.63, 3.8) is 0 Å². The predicted octanol–water partition coefficient (Wildman–Crippen LogP) is 5.00. The number of rotatable bonds is 4. The summed E-state index contributed by atoms with van der Waals surface area (Å²) in [6, 6.07) is 8.84. The molecule has 0 amide bonds. The molecule has 1 N–H and O–H groups in total. The largest absolute Gasteiger partial charge is 0.306 e. The van der Waals surface area contributed by atoms with Gasteiger partial charge in [-0.15, -0.1) is 11.3 Å². The van der Waals surface area contributed by atoms with E-state index in [-0.39, 0.29) is 16.9 Å². The summed E-state index contributed by atoms with van der Waals surface area (Å²) >= 11 is 11.1. The van der Waals surface area contributed by atoms with Gasteiger partial charge in [0.25, 0.3) is 0 Å². The molecule has 0 spiro atoms. The van der Waals surface area contributed by atoms with Gasteiger partial charge >= 0.3 is 0 Å². The van der Waals surface area contributed by atoms with Gasteiger partial charge in [0.1, 0.15) is 5.82 Å². The molecule has 0 aliphatic heterocycles. The first-order valence-electron chi connectivity index (χ1n) is 5.56. The van der Waals surface area contributed by atoms with Gasteiger partial charge in [-0.2, -0.15) is 0 Å².